The molecule has 5 atom stereocenters. The van der Waals surface area contributed by atoms with Gasteiger partial charge in [-0.05, 0) is 68.8 Å². The molecular weight excluding hydrogens is 650 g/mol. The number of hydrogen-bond donors (Lipinski definition) is 4. The summed E-state index contributed by atoms with van der Waals surface area (Å²) in [5, 5.41) is 18.5. The number of carboxylic acids is 1. The van der Waals surface area contributed by atoms with Gasteiger partial charge in [0.15, 0.2) is 0 Å². The van der Waals surface area contributed by atoms with Gasteiger partial charge in [0.25, 0.3) is 5.91 Å². The molecule has 2 rings (SSSR count). The normalized spacial score (nSPS) is 14.2. The van der Waals surface area contributed by atoms with Crippen molar-refractivity contribution in [2.45, 2.75) is 111 Å². The van der Waals surface area contributed by atoms with E-state index in [1.807, 2.05) is 65.1 Å². The number of pyridine rings is 1. The maximum atomic E-state index is 13.9. The van der Waals surface area contributed by atoms with Gasteiger partial charge in [-0.15, -0.1) is 0 Å². The fourth-order valence-corrected chi connectivity index (χ4v) is 6.07. The molecule has 0 aliphatic rings. The van der Waals surface area contributed by atoms with Gasteiger partial charge in [0.2, 0.25) is 11.8 Å². The lowest BCUT2D eigenvalue weighted by atomic mass is 9.93. The van der Waals surface area contributed by atoms with Gasteiger partial charge in [0.1, 0.15) is 17.8 Å². The highest BCUT2D eigenvalue weighted by Crippen LogP contribution is 2.28. The molecule has 0 bridgehead atoms. The van der Waals surface area contributed by atoms with Crippen molar-refractivity contribution in [3.8, 4) is 0 Å². The molecule has 0 spiro atoms. The fraction of sp³-hybridized carbons (Fsp3) is 0.590. The van der Waals surface area contributed by atoms with Crippen LogP contribution in [-0.2, 0) is 30.3 Å². The summed E-state index contributed by atoms with van der Waals surface area (Å²) in [6.07, 6.45) is 2.94. The van der Waals surface area contributed by atoms with Crippen LogP contribution in [0.1, 0.15) is 108 Å². The number of carboxylic acid groups (broad SMARTS) is 1. The minimum atomic E-state index is -0.951. The molecular formula is C39H59N5O7. The summed E-state index contributed by atoms with van der Waals surface area (Å²) >= 11 is 0. The Kier molecular flexibility index (Phi) is 18.3. The standard InChI is InChI=1S/C39H59N5O7/c1-25(2)33(44(8)38(48)36(26(3)4)43-35(46)20-13-10-14-21-40-7)24-34(51-28(6)45)31-18-15-19-32(42-31)37(47)41-30(22-27(5)39(49)50)23-29-16-11-9-12-17-29/h9,11-12,15-19,25-27,30,33-34,36,40H,10,13-14,20-24H2,1-8H3,(H,41,47)(H,43,46)(H,49,50)/t27-,30+,33+,34+,36-/m0/s1. The average Bonchev–Trinajstić information content (AvgIpc) is 3.08. The van der Waals surface area contributed by atoms with Crippen molar-refractivity contribution in [1.29, 1.82) is 0 Å². The van der Waals surface area contributed by atoms with E-state index in [0.717, 1.165) is 31.4 Å². The maximum Gasteiger partial charge on any atom is 0.306 e. The van der Waals surface area contributed by atoms with E-state index >= 15 is 0 Å². The minimum Gasteiger partial charge on any atom is -0.481 e. The lowest BCUT2D eigenvalue weighted by Gasteiger charge is -2.36. The molecule has 0 aliphatic carbocycles. The van der Waals surface area contributed by atoms with Crippen LogP contribution in [0.4, 0.5) is 0 Å². The summed E-state index contributed by atoms with van der Waals surface area (Å²) in [6.45, 7) is 11.5. The van der Waals surface area contributed by atoms with Gasteiger partial charge in [-0.2, -0.15) is 0 Å². The Morgan fingerprint density at radius 3 is 2.14 bits per heavy atom. The SMILES string of the molecule is CNCCCCCC(=O)N[C@H](C(=O)N(C)[C@H](C[C@@H](OC(C)=O)c1cccc(C(=O)N[C@@H](Cc2ccccc2)C[C@H](C)C(=O)O)n1)C(C)C)C(C)C. The molecule has 0 saturated carbocycles. The third kappa shape index (κ3) is 14.8. The first-order valence-corrected chi connectivity index (χ1v) is 18.1. The van der Waals surface area contributed by atoms with Crippen molar-refractivity contribution in [2.75, 3.05) is 20.6 Å². The Balaban J connectivity index is 2.28. The van der Waals surface area contributed by atoms with Gasteiger partial charge in [-0.1, -0.05) is 77.4 Å². The zero-order chi connectivity index (χ0) is 38.1. The Hall–Kier alpha value is -4.32. The quantitative estimate of drug-likeness (QED) is 0.0979. The summed E-state index contributed by atoms with van der Waals surface area (Å²) in [6, 6.07) is 12.8. The van der Waals surface area contributed by atoms with Gasteiger partial charge in [-0.25, -0.2) is 4.98 Å². The van der Waals surface area contributed by atoms with Gasteiger partial charge in [0, 0.05) is 38.9 Å². The number of amides is 3. The lowest BCUT2D eigenvalue weighted by Crippen LogP contribution is -2.54. The van der Waals surface area contributed by atoms with Crippen molar-refractivity contribution in [3.63, 3.8) is 0 Å². The molecule has 0 aliphatic heterocycles. The first-order valence-electron chi connectivity index (χ1n) is 18.1. The molecule has 2 aromatic rings. The smallest absolute Gasteiger partial charge is 0.306 e. The number of likely N-dealkylation sites (N-methyl/N-ethyl adjacent to an activating group) is 1. The number of esters is 1. The second-order valence-electron chi connectivity index (χ2n) is 14.1. The predicted molar refractivity (Wildman–Crippen MR) is 197 cm³/mol. The number of carbonyl (C=O) groups excluding carboxylic acids is 4. The Morgan fingerprint density at radius 1 is 0.863 bits per heavy atom. The third-order valence-electron chi connectivity index (χ3n) is 9.01. The van der Waals surface area contributed by atoms with Crippen LogP contribution in [-0.4, -0.2) is 83.4 Å². The summed E-state index contributed by atoms with van der Waals surface area (Å²) < 4.78 is 5.75. The number of benzene rings is 1. The number of aromatic nitrogens is 1. The monoisotopic (exact) mass is 709 g/mol. The molecule has 282 valence electrons. The van der Waals surface area contributed by atoms with Crippen molar-refractivity contribution in [2.24, 2.45) is 17.8 Å². The molecule has 0 radical (unpaired) electrons. The van der Waals surface area contributed by atoms with E-state index in [9.17, 15) is 29.1 Å². The van der Waals surface area contributed by atoms with Gasteiger partial charge in [-0.3, -0.25) is 24.0 Å². The van der Waals surface area contributed by atoms with Crippen LogP contribution in [0.3, 0.4) is 0 Å². The van der Waals surface area contributed by atoms with Crippen LogP contribution in [0, 0.1) is 17.8 Å². The van der Waals surface area contributed by atoms with E-state index < -0.39 is 48.0 Å². The van der Waals surface area contributed by atoms with E-state index in [0.29, 0.717) is 18.5 Å². The highest BCUT2D eigenvalue weighted by molar-refractivity contribution is 5.92. The largest absolute Gasteiger partial charge is 0.481 e. The second kappa shape index (κ2) is 21.8. The number of unbranched alkanes of at least 4 members (excludes halogenated alkanes) is 2. The van der Waals surface area contributed by atoms with Crippen LogP contribution in [0.2, 0.25) is 0 Å². The molecule has 0 fully saturated rings. The number of hydrogen-bond acceptors (Lipinski definition) is 8. The number of aliphatic carboxylic acids is 1. The molecule has 12 nitrogen and oxygen atoms in total. The van der Waals surface area contributed by atoms with Crippen LogP contribution in [0.25, 0.3) is 0 Å². The zero-order valence-corrected chi connectivity index (χ0v) is 31.6. The molecule has 3 amide bonds. The number of carbonyl (C=O) groups is 5. The summed E-state index contributed by atoms with van der Waals surface area (Å²) in [7, 11) is 3.59. The molecule has 0 unspecified atom stereocenters. The number of nitrogens with one attached hydrogen (secondary N) is 3. The Morgan fingerprint density at radius 2 is 1.55 bits per heavy atom. The van der Waals surface area contributed by atoms with E-state index in [-0.39, 0.29) is 42.2 Å². The van der Waals surface area contributed by atoms with Gasteiger partial charge < -0.3 is 30.7 Å². The van der Waals surface area contributed by atoms with Crippen LogP contribution in [0.15, 0.2) is 48.5 Å². The van der Waals surface area contributed by atoms with Crippen molar-refractivity contribution in [3.05, 3.63) is 65.5 Å². The fourth-order valence-electron chi connectivity index (χ4n) is 6.07. The Bertz CT molecular complexity index is 1420. The zero-order valence-electron chi connectivity index (χ0n) is 31.6. The van der Waals surface area contributed by atoms with Gasteiger partial charge in [0.05, 0.1) is 11.6 Å². The summed E-state index contributed by atoms with van der Waals surface area (Å²) in [4.78, 5) is 70.5. The predicted octanol–water partition coefficient (Wildman–Crippen LogP) is 4.93. The highest BCUT2D eigenvalue weighted by atomic mass is 16.5. The molecule has 0 saturated heterocycles. The Labute approximate surface area is 303 Å². The molecule has 1 heterocycles. The lowest BCUT2D eigenvalue weighted by molar-refractivity contribution is -0.149. The molecule has 1 aromatic carbocycles. The van der Waals surface area contributed by atoms with E-state index in [2.05, 4.69) is 20.9 Å². The summed E-state index contributed by atoms with van der Waals surface area (Å²) in [5.74, 6) is -3.29. The number of ether oxygens (including phenoxy) is 1. The first-order chi connectivity index (χ1) is 24.1. The average molecular weight is 710 g/mol. The van der Waals surface area contributed by atoms with Crippen molar-refractivity contribution >= 4 is 29.7 Å². The first kappa shape index (κ1) is 42.8. The van der Waals surface area contributed by atoms with Gasteiger partial charge >= 0.3 is 11.9 Å². The van der Waals surface area contributed by atoms with Crippen LogP contribution >= 0.6 is 0 Å². The van der Waals surface area contributed by atoms with Crippen molar-refractivity contribution < 1.29 is 33.8 Å². The topological polar surface area (TPSA) is 167 Å². The molecule has 12 heteroatoms. The van der Waals surface area contributed by atoms with Crippen LogP contribution < -0.4 is 16.0 Å². The van der Waals surface area contributed by atoms with E-state index in [1.54, 1.807) is 37.1 Å². The molecule has 1 aromatic heterocycles. The third-order valence-corrected chi connectivity index (χ3v) is 9.01. The van der Waals surface area contributed by atoms with E-state index in [1.165, 1.54) is 6.92 Å². The highest BCUT2D eigenvalue weighted by Gasteiger charge is 2.34. The van der Waals surface area contributed by atoms with E-state index in [4.69, 9.17) is 4.74 Å². The summed E-state index contributed by atoms with van der Waals surface area (Å²) in [5.41, 5.74) is 1.38. The number of nitrogens with zero attached hydrogens (tertiary/aromatic N) is 2. The molecule has 4 N–H and O–H groups in total. The molecule has 51 heavy (non-hydrogen) atoms. The second-order valence-corrected chi connectivity index (χ2v) is 14.1. The van der Waals surface area contributed by atoms with Crippen molar-refractivity contribution in [1.82, 2.24) is 25.8 Å². The minimum absolute atomic E-state index is 0.0610. The maximum absolute atomic E-state index is 13.9. The number of rotatable bonds is 22. The van der Waals surface area contributed by atoms with Crippen LogP contribution in [0.5, 0.6) is 0 Å².